The van der Waals surface area contributed by atoms with E-state index in [-0.39, 0.29) is 0 Å². The molecule has 0 amide bonds. The molecule has 0 saturated carbocycles. The highest BCUT2D eigenvalue weighted by molar-refractivity contribution is 7.13. The monoisotopic (exact) mass is 237 g/mol. The summed E-state index contributed by atoms with van der Waals surface area (Å²) < 4.78 is 2.04. The van der Waals surface area contributed by atoms with Crippen LogP contribution in [-0.2, 0) is 0 Å². The minimum atomic E-state index is 0.343. The van der Waals surface area contributed by atoms with Gasteiger partial charge >= 0.3 is 0 Å². The maximum absolute atomic E-state index is 5.61. The molecule has 2 heterocycles. The molecule has 0 aliphatic carbocycles. The van der Waals surface area contributed by atoms with Gasteiger partial charge in [0.2, 0.25) is 0 Å². The summed E-state index contributed by atoms with van der Waals surface area (Å²) in [5.74, 6) is 1.85. The summed E-state index contributed by atoms with van der Waals surface area (Å²) in [4.78, 5) is 4.23. The van der Waals surface area contributed by atoms with E-state index in [0.717, 1.165) is 10.8 Å². The van der Waals surface area contributed by atoms with E-state index in [0.29, 0.717) is 17.8 Å². The van der Waals surface area contributed by atoms with Gasteiger partial charge in [-0.3, -0.25) is 0 Å². The maximum atomic E-state index is 5.61. The lowest BCUT2D eigenvalue weighted by atomic mass is 10.1. The molecule has 0 aliphatic rings. The Balaban J connectivity index is 2.39. The van der Waals surface area contributed by atoms with Gasteiger partial charge in [0.25, 0.3) is 0 Å². The molecule has 0 saturated heterocycles. The Labute approximate surface area is 98.3 Å². The van der Waals surface area contributed by atoms with Crippen LogP contribution >= 0.6 is 11.3 Å². The van der Waals surface area contributed by atoms with Gasteiger partial charge in [-0.25, -0.2) is 4.98 Å². The van der Waals surface area contributed by atoms with E-state index in [4.69, 9.17) is 5.73 Å². The second-order valence-corrected chi connectivity index (χ2v) is 4.98. The summed E-state index contributed by atoms with van der Waals surface area (Å²) in [7, 11) is 0. The fourth-order valence-electron chi connectivity index (χ4n) is 1.40. The third-order valence-corrected chi connectivity index (χ3v) is 3.55. The van der Waals surface area contributed by atoms with E-state index in [2.05, 4.69) is 36.0 Å². The average Bonchev–Trinajstić information content (AvgIpc) is 2.83. The predicted octanol–water partition coefficient (Wildman–Crippen LogP) is 2.20. The van der Waals surface area contributed by atoms with Crippen molar-refractivity contribution in [3.8, 4) is 10.8 Å². The van der Waals surface area contributed by atoms with Crippen molar-refractivity contribution in [1.82, 2.24) is 19.7 Å². The molecule has 2 aromatic heterocycles. The first kappa shape index (κ1) is 11.1. The fraction of sp³-hybridized carbons (Fsp3) is 0.500. The lowest BCUT2D eigenvalue weighted by Crippen LogP contribution is -2.11. The summed E-state index contributed by atoms with van der Waals surface area (Å²) in [6.07, 6.45) is 1.75. The van der Waals surface area contributed by atoms with Crippen LogP contribution in [0.1, 0.15) is 26.8 Å². The number of aromatic nitrogens is 4. The normalized spacial score (nSPS) is 13.2. The number of thiazole rings is 1. The quantitative estimate of drug-likeness (QED) is 0.888. The van der Waals surface area contributed by atoms with Crippen LogP contribution < -0.4 is 5.73 Å². The van der Waals surface area contributed by atoms with Crippen LogP contribution in [0.25, 0.3) is 10.8 Å². The van der Waals surface area contributed by atoms with Crippen LogP contribution in [0, 0.1) is 5.92 Å². The Morgan fingerprint density at radius 3 is 2.69 bits per heavy atom. The van der Waals surface area contributed by atoms with Crippen LogP contribution in [0.2, 0.25) is 0 Å². The Morgan fingerprint density at radius 1 is 1.38 bits per heavy atom. The highest BCUT2D eigenvalue weighted by Gasteiger charge is 2.17. The van der Waals surface area contributed by atoms with Crippen LogP contribution in [0.5, 0.6) is 0 Å². The third-order valence-electron chi connectivity index (χ3n) is 2.69. The van der Waals surface area contributed by atoms with E-state index in [1.807, 2.05) is 9.95 Å². The minimum Gasteiger partial charge on any atom is -0.383 e. The van der Waals surface area contributed by atoms with Gasteiger partial charge in [0.05, 0.1) is 0 Å². The van der Waals surface area contributed by atoms with Gasteiger partial charge in [0, 0.05) is 11.4 Å². The molecule has 0 aromatic carbocycles. The molecular formula is C10H15N5S. The number of nitrogen functional groups attached to an aromatic ring is 1. The molecule has 16 heavy (non-hydrogen) atoms. The van der Waals surface area contributed by atoms with Crippen molar-refractivity contribution in [3.63, 3.8) is 0 Å². The molecule has 0 bridgehead atoms. The minimum absolute atomic E-state index is 0.343. The summed E-state index contributed by atoms with van der Waals surface area (Å²) >= 11 is 1.49. The molecule has 0 radical (unpaired) electrons. The Morgan fingerprint density at radius 2 is 2.12 bits per heavy atom. The largest absolute Gasteiger partial charge is 0.383 e. The van der Waals surface area contributed by atoms with Gasteiger partial charge < -0.3 is 10.3 Å². The van der Waals surface area contributed by atoms with Crippen molar-refractivity contribution in [2.75, 3.05) is 5.73 Å². The molecule has 6 heteroatoms. The smallest absolute Gasteiger partial charge is 0.193 e. The number of rotatable bonds is 3. The first-order valence-corrected chi connectivity index (χ1v) is 6.08. The van der Waals surface area contributed by atoms with Crippen molar-refractivity contribution in [1.29, 1.82) is 0 Å². The molecule has 5 nitrogen and oxygen atoms in total. The van der Waals surface area contributed by atoms with Crippen molar-refractivity contribution in [3.05, 3.63) is 11.7 Å². The van der Waals surface area contributed by atoms with Gasteiger partial charge in [-0.1, -0.05) is 13.8 Å². The van der Waals surface area contributed by atoms with Gasteiger partial charge in [-0.2, -0.15) is 0 Å². The van der Waals surface area contributed by atoms with Gasteiger partial charge in [-0.05, 0) is 12.8 Å². The highest BCUT2D eigenvalue weighted by atomic mass is 32.1. The van der Waals surface area contributed by atoms with Crippen LogP contribution in [0.4, 0.5) is 5.82 Å². The molecule has 2 rings (SSSR count). The topological polar surface area (TPSA) is 69.6 Å². The first-order valence-electron chi connectivity index (χ1n) is 5.20. The summed E-state index contributed by atoms with van der Waals surface area (Å²) in [5, 5.41) is 10.7. The Hall–Kier alpha value is -1.43. The van der Waals surface area contributed by atoms with Crippen LogP contribution in [0.3, 0.4) is 0 Å². The number of hydrogen-bond donors (Lipinski definition) is 1. The molecule has 1 unspecified atom stereocenters. The molecule has 0 spiro atoms. The van der Waals surface area contributed by atoms with Crippen LogP contribution in [-0.4, -0.2) is 19.7 Å². The maximum Gasteiger partial charge on any atom is 0.193 e. The van der Waals surface area contributed by atoms with E-state index < -0.39 is 0 Å². The average molecular weight is 237 g/mol. The number of hydrogen-bond acceptors (Lipinski definition) is 5. The van der Waals surface area contributed by atoms with E-state index in [1.165, 1.54) is 11.3 Å². The van der Waals surface area contributed by atoms with Gasteiger partial charge in [0.15, 0.2) is 10.8 Å². The second-order valence-electron chi connectivity index (χ2n) is 4.12. The zero-order chi connectivity index (χ0) is 11.7. The SMILES string of the molecule is CC(C)C(C)n1cnnc1-c1nc(N)cs1. The molecule has 0 aliphatic heterocycles. The van der Waals surface area contributed by atoms with Gasteiger partial charge in [0.1, 0.15) is 12.1 Å². The molecule has 1 atom stereocenters. The number of nitrogens with zero attached hydrogens (tertiary/aromatic N) is 4. The summed E-state index contributed by atoms with van der Waals surface area (Å²) in [6.45, 7) is 6.49. The summed E-state index contributed by atoms with van der Waals surface area (Å²) in [5.41, 5.74) is 5.61. The predicted molar refractivity (Wildman–Crippen MR) is 65.1 cm³/mol. The molecule has 2 aromatic rings. The van der Waals surface area contributed by atoms with Gasteiger partial charge in [-0.15, -0.1) is 21.5 Å². The third kappa shape index (κ3) is 1.92. The first-order chi connectivity index (χ1) is 7.59. The standard InChI is InChI=1S/C10H15N5S/c1-6(2)7(3)15-5-12-14-9(15)10-13-8(11)4-16-10/h4-7H,11H2,1-3H3. The zero-order valence-corrected chi connectivity index (χ0v) is 10.4. The van der Waals surface area contributed by atoms with Crippen molar-refractivity contribution in [2.24, 2.45) is 5.92 Å². The molecule has 0 fully saturated rings. The molecular weight excluding hydrogens is 222 g/mol. The second kappa shape index (κ2) is 4.21. The lowest BCUT2D eigenvalue weighted by Gasteiger charge is -2.17. The molecule has 2 N–H and O–H groups in total. The van der Waals surface area contributed by atoms with Crippen molar-refractivity contribution < 1.29 is 0 Å². The van der Waals surface area contributed by atoms with E-state index in [1.54, 1.807) is 6.33 Å². The lowest BCUT2D eigenvalue weighted by molar-refractivity contribution is 0.410. The molecule has 86 valence electrons. The van der Waals surface area contributed by atoms with E-state index in [9.17, 15) is 0 Å². The Bertz CT molecular complexity index is 473. The summed E-state index contributed by atoms with van der Waals surface area (Å²) in [6, 6.07) is 0.343. The number of nitrogens with two attached hydrogens (primary N) is 1. The fourth-order valence-corrected chi connectivity index (χ4v) is 2.10. The van der Waals surface area contributed by atoms with Crippen molar-refractivity contribution >= 4 is 17.2 Å². The van der Waals surface area contributed by atoms with Crippen LogP contribution in [0.15, 0.2) is 11.7 Å². The van der Waals surface area contributed by atoms with Crippen molar-refractivity contribution in [2.45, 2.75) is 26.8 Å². The highest BCUT2D eigenvalue weighted by Crippen LogP contribution is 2.27. The zero-order valence-electron chi connectivity index (χ0n) is 9.58. The Kier molecular flexibility index (Phi) is 2.91. The number of anilines is 1. The van der Waals surface area contributed by atoms with E-state index >= 15 is 0 Å².